The predicted octanol–water partition coefficient (Wildman–Crippen LogP) is 4.79. The number of aryl methyl sites for hydroxylation is 1. The van der Waals surface area contributed by atoms with E-state index in [-0.39, 0.29) is 24.9 Å². The van der Waals surface area contributed by atoms with Crippen LogP contribution in [0.5, 0.6) is 0 Å². The zero-order valence-electron chi connectivity index (χ0n) is 18.8. The Morgan fingerprint density at radius 1 is 1.12 bits per heavy atom. The van der Waals surface area contributed by atoms with E-state index >= 15 is 0 Å². The van der Waals surface area contributed by atoms with Crippen LogP contribution in [0.25, 0.3) is 0 Å². The van der Waals surface area contributed by atoms with Crippen LogP contribution in [0.4, 0.5) is 24.5 Å². The molecule has 8 heteroatoms. The van der Waals surface area contributed by atoms with E-state index in [1.54, 1.807) is 24.5 Å². The van der Waals surface area contributed by atoms with Gasteiger partial charge in [-0.2, -0.15) is 13.2 Å². The first-order chi connectivity index (χ1) is 16.3. The smallest absolute Gasteiger partial charge is 0.416 e. The van der Waals surface area contributed by atoms with E-state index in [1.807, 2.05) is 6.92 Å². The number of halogens is 3. The molecule has 0 unspecified atom stereocenters. The van der Waals surface area contributed by atoms with Gasteiger partial charge in [-0.15, -0.1) is 0 Å². The number of anilines is 2. The predicted molar refractivity (Wildman–Crippen MR) is 124 cm³/mol. The van der Waals surface area contributed by atoms with Gasteiger partial charge >= 0.3 is 6.18 Å². The van der Waals surface area contributed by atoms with E-state index < -0.39 is 17.7 Å². The molecule has 2 aliphatic heterocycles. The molecule has 34 heavy (non-hydrogen) atoms. The number of carbonyl (C=O) groups is 1. The number of nitrogens with one attached hydrogen (secondary N) is 1. The van der Waals surface area contributed by atoms with Crippen molar-refractivity contribution in [2.75, 3.05) is 29.4 Å². The van der Waals surface area contributed by atoms with Crippen molar-refractivity contribution in [3.8, 4) is 0 Å². The summed E-state index contributed by atoms with van der Waals surface area (Å²) in [6.07, 6.45) is -2.63. The van der Waals surface area contributed by atoms with Crippen LogP contribution in [-0.2, 0) is 23.9 Å². The van der Waals surface area contributed by atoms with Crippen LogP contribution in [-0.4, -0.2) is 31.6 Å². The summed E-state index contributed by atoms with van der Waals surface area (Å²) in [6.45, 7) is 4.24. The van der Waals surface area contributed by atoms with E-state index in [2.05, 4.69) is 39.4 Å². The van der Waals surface area contributed by atoms with Crippen molar-refractivity contribution < 1.29 is 22.4 Å². The first-order valence-electron chi connectivity index (χ1n) is 11.4. The molecule has 2 atom stereocenters. The molecular weight excluding hydrogens is 443 g/mol. The van der Waals surface area contributed by atoms with Crippen molar-refractivity contribution in [2.24, 2.45) is 5.92 Å². The average molecular weight is 470 g/mol. The minimum absolute atomic E-state index is 0.157. The maximum absolute atomic E-state index is 13.4. The lowest BCUT2D eigenvalue weighted by Crippen LogP contribution is -2.61. The Labute approximate surface area is 196 Å². The fraction of sp³-hybridized carbons (Fsp3) is 0.346. The van der Waals surface area contributed by atoms with E-state index in [0.717, 1.165) is 24.0 Å². The van der Waals surface area contributed by atoms with Crippen LogP contribution in [0.2, 0.25) is 0 Å². The van der Waals surface area contributed by atoms with Crippen LogP contribution < -0.4 is 15.1 Å². The van der Waals surface area contributed by atoms with Gasteiger partial charge in [0.25, 0.3) is 0 Å². The number of carbonyl (C=O) groups excluding carboxylic acids is 1. The van der Waals surface area contributed by atoms with Gasteiger partial charge in [-0.3, -0.25) is 4.79 Å². The molecule has 1 saturated heterocycles. The highest BCUT2D eigenvalue weighted by Gasteiger charge is 2.42. The topological polar surface area (TPSA) is 48.7 Å². The third kappa shape index (κ3) is 4.36. The third-order valence-electron chi connectivity index (χ3n) is 6.79. The molecule has 1 aromatic heterocycles. The van der Waals surface area contributed by atoms with Crippen LogP contribution in [0.15, 0.2) is 65.3 Å². The van der Waals surface area contributed by atoms with E-state index in [0.29, 0.717) is 24.4 Å². The summed E-state index contributed by atoms with van der Waals surface area (Å²) < 4.78 is 45.5. The number of amides is 1. The standard InChI is InChI=1S/C26H26F3N3O2/c1-17-4-7-20(8-5-17)31-10-11-32-23-9-6-19(26(27,28)29)13-18(23)14-22(24(32)16-31)25(33)30-15-21-3-2-12-34-21/h2-9,12-13,22,24H,10-11,14-16H2,1H3,(H,30,33)/t22-,24+/m0/s1. The number of benzene rings is 2. The summed E-state index contributed by atoms with van der Waals surface area (Å²) >= 11 is 0. The van der Waals surface area contributed by atoms with Crippen molar-refractivity contribution in [2.45, 2.75) is 32.1 Å². The highest BCUT2D eigenvalue weighted by Crippen LogP contribution is 2.40. The van der Waals surface area contributed by atoms with Crippen molar-refractivity contribution in [3.05, 3.63) is 83.3 Å². The molecule has 0 spiro atoms. The Morgan fingerprint density at radius 3 is 2.62 bits per heavy atom. The van der Waals surface area contributed by atoms with Gasteiger partial charge in [0.2, 0.25) is 5.91 Å². The molecule has 3 aromatic rings. The fourth-order valence-corrected chi connectivity index (χ4v) is 5.01. The molecule has 5 rings (SSSR count). The Kier molecular flexibility index (Phi) is 5.75. The second-order valence-corrected chi connectivity index (χ2v) is 8.99. The van der Waals surface area contributed by atoms with Crippen LogP contribution in [0.1, 0.15) is 22.5 Å². The van der Waals surface area contributed by atoms with Gasteiger partial charge in [-0.05, 0) is 61.4 Å². The zero-order chi connectivity index (χ0) is 23.9. The molecule has 0 saturated carbocycles. The first-order valence-corrected chi connectivity index (χ1v) is 11.4. The molecule has 0 bridgehead atoms. The summed E-state index contributed by atoms with van der Waals surface area (Å²) in [6, 6.07) is 15.5. The summed E-state index contributed by atoms with van der Waals surface area (Å²) in [5.41, 5.74) is 2.92. The number of furan rings is 1. The highest BCUT2D eigenvalue weighted by molar-refractivity contribution is 5.82. The van der Waals surface area contributed by atoms with Gasteiger partial charge in [-0.25, -0.2) is 0 Å². The maximum Gasteiger partial charge on any atom is 0.416 e. The second kappa shape index (κ2) is 8.74. The molecule has 178 valence electrons. The molecule has 2 aliphatic rings. The second-order valence-electron chi connectivity index (χ2n) is 8.99. The fourth-order valence-electron chi connectivity index (χ4n) is 5.01. The van der Waals surface area contributed by atoms with Crippen LogP contribution in [0, 0.1) is 12.8 Å². The number of hydrogen-bond donors (Lipinski definition) is 1. The van der Waals surface area contributed by atoms with Crippen molar-refractivity contribution in [1.82, 2.24) is 5.32 Å². The molecule has 0 aliphatic carbocycles. The average Bonchev–Trinajstić information content (AvgIpc) is 3.35. The van der Waals surface area contributed by atoms with Gasteiger partial charge < -0.3 is 19.5 Å². The van der Waals surface area contributed by atoms with Gasteiger partial charge in [0.05, 0.1) is 30.3 Å². The van der Waals surface area contributed by atoms with Crippen molar-refractivity contribution in [1.29, 1.82) is 0 Å². The zero-order valence-corrected chi connectivity index (χ0v) is 18.8. The minimum Gasteiger partial charge on any atom is -0.467 e. The summed E-state index contributed by atoms with van der Waals surface area (Å²) in [4.78, 5) is 17.7. The van der Waals surface area contributed by atoms with Crippen LogP contribution >= 0.6 is 0 Å². The molecule has 0 radical (unpaired) electrons. The van der Waals surface area contributed by atoms with E-state index in [1.165, 1.54) is 11.6 Å². The Bertz CT molecular complexity index is 1160. The molecule has 2 aromatic carbocycles. The Morgan fingerprint density at radius 2 is 1.91 bits per heavy atom. The monoisotopic (exact) mass is 469 g/mol. The number of fused-ring (bicyclic) bond motifs is 3. The molecule has 1 fully saturated rings. The van der Waals surface area contributed by atoms with Gasteiger partial charge in [0.1, 0.15) is 5.76 Å². The highest BCUT2D eigenvalue weighted by atomic mass is 19.4. The van der Waals surface area contributed by atoms with Crippen molar-refractivity contribution in [3.63, 3.8) is 0 Å². The number of alkyl halides is 3. The molecule has 1 N–H and O–H groups in total. The van der Waals surface area contributed by atoms with E-state index in [4.69, 9.17) is 4.42 Å². The Hall–Kier alpha value is -3.42. The maximum atomic E-state index is 13.4. The molecular formula is C26H26F3N3O2. The number of nitrogens with zero attached hydrogens (tertiary/aromatic N) is 2. The van der Waals surface area contributed by atoms with E-state index in [9.17, 15) is 18.0 Å². The molecule has 3 heterocycles. The normalized spacial score (nSPS) is 20.0. The summed E-state index contributed by atoms with van der Waals surface area (Å²) in [5.74, 6) is -0.0369. The summed E-state index contributed by atoms with van der Waals surface area (Å²) in [5, 5.41) is 2.93. The lowest BCUT2D eigenvalue weighted by molar-refractivity contribution is -0.137. The SMILES string of the molecule is Cc1ccc(N2CCN3c4ccc(C(F)(F)F)cc4C[C@H](C(=O)NCc4ccco4)[C@H]3C2)cc1. The number of rotatable bonds is 4. The lowest BCUT2D eigenvalue weighted by atomic mass is 9.82. The van der Waals surface area contributed by atoms with Crippen molar-refractivity contribution >= 4 is 17.3 Å². The third-order valence-corrected chi connectivity index (χ3v) is 6.79. The first kappa shape index (κ1) is 22.4. The quantitative estimate of drug-likeness (QED) is 0.597. The summed E-state index contributed by atoms with van der Waals surface area (Å²) in [7, 11) is 0. The minimum atomic E-state index is -4.42. The largest absolute Gasteiger partial charge is 0.467 e. The van der Waals surface area contributed by atoms with Crippen LogP contribution in [0.3, 0.4) is 0 Å². The number of piperazine rings is 1. The number of hydrogen-bond acceptors (Lipinski definition) is 4. The molecule has 5 nitrogen and oxygen atoms in total. The Balaban J connectivity index is 1.45. The lowest BCUT2D eigenvalue weighted by Gasteiger charge is -2.49. The van der Waals surface area contributed by atoms with Gasteiger partial charge in [0.15, 0.2) is 0 Å². The van der Waals surface area contributed by atoms with Gasteiger partial charge in [-0.1, -0.05) is 17.7 Å². The van der Waals surface area contributed by atoms with Gasteiger partial charge in [0, 0.05) is 31.0 Å². The molecule has 1 amide bonds.